The van der Waals surface area contributed by atoms with Crippen molar-refractivity contribution in [3.05, 3.63) is 0 Å². The lowest BCUT2D eigenvalue weighted by atomic mass is 10.6. The summed E-state index contributed by atoms with van der Waals surface area (Å²) >= 11 is 0.990. The van der Waals surface area contributed by atoms with Crippen molar-refractivity contribution in [1.82, 2.24) is 30.8 Å². The van der Waals surface area contributed by atoms with Crippen LogP contribution in [0.1, 0.15) is 6.92 Å². The van der Waals surface area contributed by atoms with Gasteiger partial charge in [0.25, 0.3) is 0 Å². The van der Waals surface area contributed by atoms with Crippen molar-refractivity contribution in [2.75, 3.05) is 25.4 Å². The number of tetrazole rings is 1. The molecule has 20 heavy (non-hydrogen) atoms. The molecule has 0 aliphatic heterocycles. The van der Waals surface area contributed by atoms with Gasteiger partial charge < -0.3 is 10.6 Å². The Morgan fingerprint density at radius 3 is 2.85 bits per heavy atom. The van der Waals surface area contributed by atoms with Crippen molar-refractivity contribution in [3.8, 4) is 0 Å². The van der Waals surface area contributed by atoms with E-state index in [0.29, 0.717) is 18.2 Å². The molecule has 0 saturated carbocycles. The summed E-state index contributed by atoms with van der Waals surface area (Å²) in [6.07, 6.45) is -4.41. The summed E-state index contributed by atoms with van der Waals surface area (Å²) in [5, 5.41) is 16.2. The third-order valence-corrected chi connectivity index (χ3v) is 3.02. The second-order valence-electron chi connectivity index (χ2n) is 3.72. The van der Waals surface area contributed by atoms with Crippen LogP contribution in [0.2, 0.25) is 0 Å². The first-order chi connectivity index (χ1) is 9.42. The van der Waals surface area contributed by atoms with E-state index < -0.39 is 18.6 Å². The summed E-state index contributed by atoms with van der Waals surface area (Å²) < 4.78 is 37.2. The number of rotatable bonds is 8. The van der Waals surface area contributed by atoms with E-state index >= 15 is 0 Å². The molecule has 1 amide bonds. The zero-order valence-electron chi connectivity index (χ0n) is 10.8. The van der Waals surface area contributed by atoms with Gasteiger partial charge in [-0.15, -0.1) is 5.10 Å². The summed E-state index contributed by atoms with van der Waals surface area (Å²) in [6, 6.07) is 0. The van der Waals surface area contributed by atoms with Crippen molar-refractivity contribution < 1.29 is 18.0 Å². The second-order valence-corrected chi connectivity index (χ2v) is 4.66. The monoisotopic (exact) mass is 312 g/mol. The molecule has 1 heterocycles. The fraction of sp³-hybridized carbons (Fsp3) is 0.778. The quantitative estimate of drug-likeness (QED) is 0.521. The van der Waals surface area contributed by atoms with E-state index in [0.717, 1.165) is 18.3 Å². The molecule has 1 aromatic rings. The zero-order valence-corrected chi connectivity index (χ0v) is 11.6. The van der Waals surface area contributed by atoms with Gasteiger partial charge in [0.2, 0.25) is 11.1 Å². The van der Waals surface area contributed by atoms with E-state index in [4.69, 9.17) is 0 Å². The number of nitrogens with zero attached hydrogens (tertiary/aromatic N) is 4. The number of hydrogen-bond acceptors (Lipinski definition) is 6. The number of amides is 1. The number of alkyl halides is 3. The number of halogens is 3. The number of nitrogens with one attached hydrogen (secondary N) is 2. The van der Waals surface area contributed by atoms with Gasteiger partial charge in [-0.05, 0) is 17.0 Å². The Balaban J connectivity index is 2.34. The summed E-state index contributed by atoms with van der Waals surface area (Å²) in [4.78, 5) is 11.2. The first-order valence-corrected chi connectivity index (χ1v) is 6.84. The molecular weight excluding hydrogens is 297 g/mol. The van der Waals surface area contributed by atoms with E-state index in [1.165, 1.54) is 4.68 Å². The molecule has 7 nitrogen and oxygen atoms in total. The Hall–Kier alpha value is -1.36. The normalized spacial score (nSPS) is 11.6. The van der Waals surface area contributed by atoms with Gasteiger partial charge in [-0.3, -0.25) is 4.79 Å². The van der Waals surface area contributed by atoms with Crippen LogP contribution in [-0.4, -0.2) is 57.7 Å². The first-order valence-electron chi connectivity index (χ1n) is 5.85. The highest BCUT2D eigenvalue weighted by Crippen LogP contribution is 2.14. The Morgan fingerprint density at radius 2 is 2.20 bits per heavy atom. The standard InChI is InChI=1S/C9H15F3N6OS/c1-2-13-3-4-18-8(15-16-17-18)20-5-7(19)14-6-9(10,11)12/h13H,2-6H2,1H3,(H,14,19). The molecule has 0 fully saturated rings. The highest BCUT2D eigenvalue weighted by molar-refractivity contribution is 7.99. The number of thioether (sulfide) groups is 1. The predicted octanol–water partition coefficient (Wildman–Crippen LogP) is 0.0532. The van der Waals surface area contributed by atoms with Crippen LogP contribution in [0.3, 0.4) is 0 Å². The van der Waals surface area contributed by atoms with Crippen LogP contribution >= 0.6 is 11.8 Å². The summed E-state index contributed by atoms with van der Waals surface area (Å²) in [5.74, 6) is -0.883. The molecule has 2 N–H and O–H groups in total. The number of carbonyl (C=O) groups is 1. The fourth-order valence-electron chi connectivity index (χ4n) is 1.18. The van der Waals surface area contributed by atoms with E-state index in [1.807, 2.05) is 6.92 Å². The van der Waals surface area contributed by atoms with Crippen LogP contribution in [0.5, 0.6) is 0 Å². The van der Waals surface area contributed by atoms with Gasteiger partial charge in [0.1, 0.15) is 6.54 Å². The highest BCUT2D eigenvalue weighted by atomic mass is 32.2. The minimum atomic E-state index is -4.41. The second kappa shape index (κ2) is 8.04. The molecule has 114 valence electrons. The molecule has 0 saturated heterocycles. The van der Waals surface area contributed by atoms with Gasteiger partial charge in [-0.25, -0.2) is 4.68 Å². The molecule has 0 atom stereocenters. The molecule has 1 rings (SSSR count). The summed E-state index contributed by atoms with van der Waals surface area (Å²) in [5.41, 5.74) is 0. The molecule has 11 heteroatoms. The smallest absolute Gasteiger partial charge is 0.346 e. The van der Waals surface area contributed by atoms with Crippen molar-refractivity contribution in [2.45, 2.75) is 24.8 Å². The van der Waals surface area contributed by atoms with E-state index in [-0.39, 0.29) is 5.75 Å². The molecule has 1 aromatic heterocycles. The predicted molar refractivity (Wildman–Crippen MR) is 66.1 cm³/mol. The Bertz CT molecular complexity index is 424. The van der Waals surface area contributed by atoms with Gasteiger partial charge in [0.05, 0.1) is 12.3 Å². The van der Waals surface area contributed by atoms with Gasteiger partial charge in [-0.2, -0.15) is 13.2 Å². The third-order valence-electron chi connectivity index (χ3n) is 2.07. The lowest BCUT2D eigenvalue weighted by Gasteiger charge is -2.08. The molecule has 0 aromatic carbocycles. The van der Waals surface area contributed by atoms with Crippen LogP contribution in [0.15, 0.2) is 5.16 Å². The van der Waals surface area contributed by atoms with Gasteiger partial charge in [0, 0.05) is 6.54 Å². The summed E-state index contributed by atoms with van der Waals surface area (Å²) in [7, 11) is 0. The van der Waals surface area contributed by atoms with Gasteiger partial charge >= 0.3 is 6.18 Å². The highest BCUT2D eigenvalue weighted by Gasteiger charge is 2.27. The average molecular weight is 312 g/mol. The number of hydrogen-bond donors (Lipinski definition) is 2. The lowest BCUT2D eigenvalue weighted by molar-refractivity contribution is -0.136. The van der Waals surface area contributed by atoms with Crippen molar-refractivity contribution >= 4 is 17.7 Å². The van der Waals surface area contributed by atoms with Crippen LogP contribution in [0, 0.1) is 0 Å². The van der Waals surface area contributed by atoms with Crippen molar-refractivity contribution in [2.24, 2.45) is 0 Å². The molecule has 0 spiro atoms. The number of aromatic nitrogens is 4. The van der Waals surface area contributed by atoms with E-state index in [1.54, 1.807) is 5.32 Å². The van der Waals surface area contributed by atoms with Crippen LogP contribution < -0.4 is 10.6 Å². The molecule has 0 unspecified atom stereocenters. The van der Waals surface area contributed by atoms with Crippen molar-refractivity contribution in [1.29, 1.82) is 0 Å². The van der Waals surface area contributed by atoms with Gasteiger partial charge in [-0.1, -0.05) is 18.7 Å². The zero-order chi connectivity index (χ0) is 15.0. The number of likely N-dealkylation sites (N-methyl/N-ethyl adjacent to an activating group) is 1. The maximum atomic E-state index is 11.9. The molecule has 0 aliphatic rings. The maximum Gasteiger partial charge on any atom is 0.405 e. The van der Waals surface area contributed by atoms with Gasteiger partial charge in [0.15, 0.2) is 0 Å². The molecule has 0 radical (unpaired) electrons. The Morgan fingerprint density at radius 1 is 1.45 bits per heavy atom. The van der Waals surface area contributed by atoms with Crippen LogP contribution in [0.4, 0.5) is 13.2 Å². The lowest BCUT2D eigenvalue weighted by Crippen LogP contribution is -2.34. The Labute approximate surface area is 117 Å². The largest absolute Gasteiger partial charge is 0.405 e. The molecular formula is C9H15F3N6OS. The minimum Gasteiger partial charge on any atom is -0.346 e. The summed E-state index contributed by atoms with van der Waals surface area (Å²) in [6.45, 7) is 2.62. The fourth-order valence-corrected chi connectivity index (χ4v) is 1.92. The maximum absolute atomic E-state index is 11.9. The number of carbonyl (C=O) groups excluding carboxylic acids is 1. The van der Waals surface area contributed by atoms with E-state index in [9.17, 15) is 18.0 Å². The minimum absolute atomic E-state index is 0.169. The topological polar surface area (TPSA) is 84.7 Å². The average Bonchev–Trinajstić information content (AvgIpc) is 2.81. The van der Waals surface area contributed by atoms with Crippen LogP contribution in [-0.2, 0) is 11.3 Å². The van der Waals surface area contributed by atoms with E-state index in [2.05, 4.69) is 20.8 Å². The van der Waals surface area contributed by atoms with Crippen molar-refractivity contribution in [3.63, 3.8) is 0 Å². The first kappa shape index (κ1) is 16.7. The molecule has 0 aliphatic carbocycles. The SMILES string of the molecule is CCNCCn1nnnc1SCC(=O)NCC(F)(F)F. The third kappa shape index (κ3) is 6.70. The van der Waals surface area contributed by atoms with Crippen LogP contribution in [0.25, 0.3) is 0 Å². The molecule has 0 bridgehead atoms. The Kier molecular flexibility index (Phi) is 6.71.